The van der Waals surface area contributed by atoms with Crippen LogP contribution < -0.4 is 5.73 Å². The fraction of sp³-hybridized carbons (Fsp3) is 0.538. The Morgan fingerprint density at radius 3 is 2.33 bits per heavy atom. The first-order valence-corrected chi connectivity index (χ1v) is 8.10. The predicted octanol–water partition coefficient (Wildman–Crippen LogP) is 2.21. The first-order valence-electron chi connectivity index (χ1n) is 6.66. The van der Waals surface area contributed by atoms with Crippen LogP contribution >= 0.6 is 0 Å². The third-order valence-corrected chi connectivity index (χ3v) is 5.60. The number of sulfonamides is 1. The van der Waals surface area contributed by atoms with Gasteiger partial charge in [-0.3, -0.25) is 0 Å². The largest absolute Gasteiger partial charge is 0.416 e. The van der Waals surface area contributed by atoms with Crippen molar-refractivity contribution in [1.82, 2.24) is 4.31 Å². The molecular weight excluding hydrogens is 305 g/mol. The maximum Gasteiger partial charge on any atom is 0.416 e. The molecule has 1 aromatic carbocycles. The van der Waals surface area contributed by atoms with E-state index in [1.165, 1.54) is 4.31 Å². The molecule has 1 atom stereocenters. The lowest BCUT2D eigenvalue weighted by Gasteiger charge is -2.33. The van der Waals surface area contributed by atoms with Crippen LogP contribution in [0.4, 0.5) is 13.2 Å². The first kappa shape index (κ1) is 16.3. The zero-order chi connectivity index (χ0) is 15.7. The molecule has 118 valence electrons. The summed E-state index contributed by atoms with van der Waals surface area (Å²) in [5.41, 5.74) is 4.73. The maximum absolute atomic E-state index is 12.5. The van der Waals surface area contributed by atoms with E-state index in [0.29, 0.717) is 13.0 Å². The molecule has 0 radical (unpaired) electrons. The van der Waals surface area contributed by atoms with E-state index in [4.69, 9.17) is 5.73 Å². The second-order valence-electron chi connectivity index (χ2n) is 5.02. The van der Waals surface area contributed by atoms with Crippen LogP contribution in [0.2, 0.25) is 0 Å². The van der Waals surface area contributed by atoms with E-state index in [1.807, 2.05) is 0 Å². The molecule has 2 N–H and O–H groups in total. The average molecular weight is 322 g/mol. The molecule has 1 unspecified atom stereocenters. The molecular formula is C13H17F3N2O2S. The second kappa shape index (κ2) is 5.94. The van der Waals surface area contributed by atoms with E-state index >= 15 is 0 Å². The molecule has 1 saturated heterocycles. The van der Waals surface area contributed by atoms with Gasteiger partial charge in [0.15, 0.2) is 0 Å². The monoisotopic (exact) mass is 322 g/mol. The van der Waals surface area contributed by atoms with Gasteiger partial charge in [0.25, 0.3) is 0 Å². The van der Waals surface area contributed by atoms with Gasteiger partial charge in [-0.05, 0) is 37.1 Å². The van der Waals surface area contributed by atoms with E-state index in [9.17, 15) is 21.6 Å². The van der Waals surface area contributed by atoms with E-state index in [-0.39, 0.29) is 17.5 Å². The summed E-state index contributed by atoms with van der Waals surface area (Å²) in [4.78, 5) is -0.129. The quantitative estimate of drug-likeness (QED) is 0.928. The predicted molar refractivity (Wildman–Crippen MR) is 72.0 cm³/mol. The smallest absolute Gasteiger partial charge is 0.329 e. The lowest BCUT2D eigenvalue weighted by Crippen LogP contribution is -2.47. The highest BCUT2D eigenvalue weighted by atomic mass is 32.2. The van der Waals surface area contributed by atoms with E-state index < -0.39 is 21.8 Å². The Morgan fingerprint density at radius 2 is 1.81 bits per heavy atom. The Morgan fingerprint density at radius 1 is 1.19 bits per heavy atom. The highest BCUT2D eigenvalue weighted by Crippen LogP contribution is 2.31. The number of alkyl halides is 3. The van der Waals surface area contributed by atoms with Crippen LogP contribution in [0.3, 0.4) is 0 Å². The SMILES string of the molecule is NCC1CCCCN1S(=O)(=O)c1ccc(C(F)(F)F)cc1. The van der Waals surface area contributed by atoms with Crippen LogP contribution in [0, 0.1) is 0 Å². The summed E-state index contributed by atoms with van der Waals surface area (Å²) in [5, 5.41) is 0. The van der Waals surface area contributed by atoms with Crippen LogP contribution in [-0.4, -0.2) is 31.9 Å². The normalized spacial score (nSPS) is 21.4. The van der Waals surface area contributed by atoms with Crippen molar-refractivity contribution in [3.05, 3.63) is 29.8 Å². The number of nitrogens with two attached hydrogens (primary N) is 1. The van der Waals surface area contributed by atoms with Crippen LogP contribution in [0.25, 0.3) is 0 Å². The summed E-state index contributed by atoms with van der Waals surface area (Å²) < 4.78 is 63.9. The molecule has 1 aliphatic rings. The minimum Gasteiger partial charge on any atom is -0.329 e. The van der Waals surface area contributed by atoms with Crippen molar-refractivity contribution in [3.63, 3.8) is 0 Å². The topological polar surface area (TPSA) is 63.4 Å². The Labute approximate surface area is 121 Å². The molecule has 0 aliphatic carbocycles. The standard InChI is InChI=1S/C13H17F3N2O2S/c14-13(15,16)10-4-6-12(7-5-10)21(19,20)18-8-2-1-3-11(18)9-17/h4-7,11H,1-3,8-9,17H2. The van der Waals surface area contributed by atoms with Crippen molar-refractivity contribution in [2.75, 3.05) is 13.1 Å². The minimum absolute atomic E-state index is 0.129. The summed E-state index contributed by atoms with van der Waals surface area (Å²) in [6.07, 6.45) is -2.17. The Bertz CT molecular complexity index is 584. The van der Waals surface area contributed by atoms with Gasteiger partial charge in [-0.25, -0.2) is 8.42 Å². The third-order valence-electron chi connectivity index (χ3n) is 3.63. The first-order chi connectivity index (χ1) is 9.76. The molecule has 0 bridgehead atoms. The van der Waals surface area contributed by atoms with Gasteiger partial charge >= 0.3 is 6.18 Å². The molecule has 1 aromatic rings. The molecule has 1 aliphatic heterocycles. The van der Waals surface area contributed by atoms with E-state index in [1.54, 1.807) is 0 Å². The van der Waals surface area contributed by atoms with Gasteiger partial charge in [0.2, 0.25) is 10.0 Å². The number of benzene rings is 1. The van der Waals surface area contributed by atoms with E-state index in [2.05, 4.69) is 0 Å². The summed E-state index contributed by atoms with van der Waals surface area (Å²) in [7, 11) is -3.80. The molecule has 8 heteroatoms. The Hall–Kier alpha value is -1.12. The number of halogens is 3. The van der Waals surface area contributed by atoms with Gasteiger partial charge in [-0.1, -0.05) is 6.42 Å². The fourth-order valence-corrected chi connectivity index (χ4v) is 4.18. The summed E-state index contributed by atoms with van der Waals surface area (Å²) in [6.45, 7) is 0.561. The minimum atomic E-state index is -4.48. The van der Waals surface area contributed by atoms with Crippen molar-refractivity contribution in [2.24, 2.45) is 5.73 Å². The molecule has 0 aromatic heterocycles. The van der Waals surface area contributed by atoms with Crippen molar-refractivity contribution < 1.29 is 21.6 Å². The Kier molecular flexibility index (Phi) is 4.60. The van der Waals surface area contributed by atoms with Crippen molar-refractivity contribution in [3.8, 4) is 0 Å². The number of hydrogen-bond donors (Lipinski definition) is 1. The van der Waals surface area contributed by atoms with Crippen LogP contribution in [0.15, 0.2) is 29.2 Å². The summed E-state index contributed by atoms with van der Waals surface area (Å²) >= 11 is 0. The zero-order valence-corrected chi connectivity index (χ0v) is 12.1. The van der Waals surface area contributed by atoms with Gasteiger partial charge in [0, 0.05) is 19.1 Å². The number of hydrogen-bond acceptors (Lipinski definition) is 3. The van der Waals surface area contributed by atoms with Gasteiger partial charge in [-0.15, -0.1) is 0 Å². The molecule has 1 heterocycles. The number of piperidine rings is 1. The maximum atomic E-state index is 12.5. The molecule has 2 rings (SSSR count). The highest BCUT2D eigenvalue weighted by Gasteiger charge is 2.34. The van der Waals surface area contributed by atoms with Crippen LogP contribution in [0.1, 0.15) is 24.8 Å². The Balaban J connectivity index is 2.31. The van der Waals surface area contributed by atoms with Crippen LogP contribution in [0.5, 0.6) is 0 Å². The molecule has 0 amide bonds. The van der Waals surface area contributed by atoms with Crippen molar-refractivity contribution >= 4 is 10.0 Å². The third kappa shape index (κ3) is 3.38. The number of nitrogens with zero attached hydrogens (tertiary/aromatic N) is 1. The lowest BCUT2D eigenvalue weighted by atomic mass is 10.1. The molecule has 0 saturated carbocycles. The van der Waals surface area contributed by atoms with Gasteiger partial charge in [-0.2, -0.15) is 17.5 Å². The molecule has 0 spiro atoms. The number of rotatable bonds is 3. The average Bonchev–Trinajstić information content (AvgIpc) is 2.46. The van der Waals surface area contributed by atoms with E-state index in [0.717, 1.165) is 37.1 Å². The highest BCUT2D eigenvalue weighted by molar-refractivity contribution is 7.89. The fourth-order valence-electron chi connectivity index (χ4n) is 2.48. The van der Waals surface area contributed by atoms with Gasteiger partial charge in [0.05, 0.1) is 10.5 Å². The second-order valence-corrected chi connectivity index (χ2v) is 6.91. The summed E-state index contributed by atoms with van der Waals surface area (Å²) in [6, 6.07) is 3.29. The molecule has 4 nitrogen and oxygen atoms in total. The van der Waals surface area contributed by atoms with Crippen LogP contribution in [-0.2, 0) is 16.2 Å². The van der Waals surface area contributed by atoms with Crippen molar-refractivity contribution in [2.45, 2.75) is 36.4 Å². The molecule has 1 fully saturated rings. The van der Waals surface area contributed by atoms with Crippen molar-refractivity contribution in [1.29, 1.82) is 0 Å². The lowest BCUT2D eigenvalue weighted by molar-refractivity contribution is -0.137. The molecule has 21 heavy (non-hydrogen) atoms. The summed E-state index contributed by atoms with van der Waals surface area (Å²) in [5.74, 6) is 0. The van der Waals surface area contributed by atoms with Gasteiger partial charge in [0.1, 0.15) is 0 Å². The zero-order valence-electron chi connectivity index (χ0n) is 11.3. The van der Waals surface area contributed by atoms with Gasteiger partial charge < -0.3 is 5.73 Å².